The van der Waals surface area contributed by atoms with Crippen LogP contribution in [-0.2, 0) is 14.3 Å². The first kappa shape index (κ1) is 20.9. The van der Waals surface area contributed by atoms with Crippen molar-refractivity contribution in [3.63, 3.8) is 0 Å². The Morgan fingerprint density at radius 1 is 1.15 bits per heavy atom. The summed E-state index contributed by atoms with van der Waals surface area (Å²) in [6.07, 6.45) is -0.296. The van der Waals surface area contributed by atoms with Crippen molar-refractivity contribution in [3.05, 3.63) is 51.9 Å². The summed E-state index contributed by atoms with van der Waals surface area (Å²) in [5.41, 5.74) is 0.631. The van der Waals surface area contributed by atoms with Gasteiger partial charge in [0.15, 0.2) is 0 Å². The third-order valence-electron chi connectivity index (χ3n) is 3.45. The molecule has 1 aromatic carbocycles. The first-order chi connectivity index (χ1) is 12.8. The molecule has 144 valence electrons. The van der Waals surface area contributed by atoms with Gasteiger partial charge in [-0.3, -0.25) is 14.4 Å². The van der Waals surface area contributed by atoms with Crippen LogP contribution in [0.3, 0.4) is 0 Å². The van der Waals surface area contributed by atoms with Gasteiger partial charge < -0.3 is 15.4 Å². The summed E-state index contributed by atoms with van der Waals surface area (Å²) in [6.45, 7) is 4.92. The lowest BCUT2D eigenvalue weighted by Gasteiger charge is -2.20. The number of benzene rings is 1. The van der Waals surface area contributed by atoms with Gasteiger partial charge >= 0.3 is 5.97 Å². The Kier molecular flexibility index (Phi) is 7.38. The van der Waals surface area contributed by atoms with Crippen LogP contribution in [0.2, 0.25) is 5.02 Å². The number of amides is 2. The van der Waals surface area contributed by atoms with E-state index in [0.717, 1.165) is 11.3 Å². The Balaban J connectivity index is 2.19. The van der Waals surface area contributed by atoms with Gasteiger partial charge in [-0.25, -0.2) is 0 Å². The van der Waals surface area contributed by atoms with Crippen LogP contribution in [0.15, 0.2) is 36.4 Å². The maximum Gasteiger partial charge on any atom is 0.308 e. The third-order valence-corrected chi connectivity index (χ3v) is 4.80. The van der Waals surface area contributed by atoms with Crippen LogP contribution in [0.4, 0.5) is 5.00 Å². The smallest absolute Gasteiger partial charge is 0.308 e. The molecule has 2 aromatic rings. The number of halogens is 1. The fourth-order valence-electron chi connectivity index (χ4n) is 2.40. The molecule has 2 rings (SSSR count). The molecule has 0 spiro atoms. The molecule has 0 saturated heterocycles. The van der Waals surface area contributed by atoms with Crippen LogP contribution in [-0.4, -0.2) is 23.9 Å². The second-order valence-corrected chi connectivity index (χ2v) is 7.63. The molecule has 0 fully saturated rings. The zero-order valence-electron chi connectivity index (χ0n) is 15.2. The Morgan fingerprint density at radius 3 is 2.48 bits per heavy atom. The Bertz CT molecular complexity index is 835. The molecule has 6 nitrogen and oxygen atoms in total. The van der Waals surface area contributed by atoms with Gasteiger partial charge in [-0.15, -0.1) is 11.3 Å². The number of esters is 1. The molecule has 0 radical (unpaired) electrons. The highest BCUT2D eigenvalue weighted by molar-refractivity contribution is 7.18. The van der Waals surface area contributed by atoms with Crippen LogP contribution in [0.5, 0.6) is 0 Å². The molecule has 2 N–H and O–H groups in total. The minimum absolute atomic E-state index is 0.0441. The Morgan fingerprint density at radius 2 is 1.85 bits per heavy atom. The summed E-state index contributed by atoms with van der Waals surface area (Å²) in [5.74, 6) is -1.01. The van der Waals surface area contributed by atoms with Crippen molar-refractivity contribution in [3.8, 4) is 0 Å². The molecule has 1 atom stereocenters. The summed E-state index contributed by atoms with van der Waals surface area (Å²) in [5, 5.41) is 6.49. The SMILES string of the molecule is CC(=O)Nc1ccc(C(=O)N[C@@H](CC(=O)OC(C)C)c2ccccc2Cl)s1. The van der Waals surface area contributed by atoms with Crippen molar-refractivity contribution >= 4 is 45.7 Å². The number of carbonyl (C=O) groups excluding carboxylic acids is 3. The number of hydrogen-bond acceptors (Lipinski definition) is 5. The molecular weight excluding hydrogens is 388 g/mol. The van der Waals surface area contributed by atoms with Crippen molar-refractivity contribution in [2.45, 2.75) is 39.3 Å². The van der Waals surface area contributed by atoms with E-state index < -0.39 is 12.0 Å². The Hall–Kier alpha value is -2.38. The van der Waals surface area contributed by atoms with Gasteiger partial charge in [-0.2, -0.15) is 0 Å². The van der Waals surface area contributed by atoms with Gasteiger partial charge in [0.05, 0.1) is 28.4 Å². The van der Waals surface area contributed by atoms with Crippen LogP contribution < -0.4 is 10.6 Å². The monoisotopic (exact) mass is 408 g/mol. The fraction of sp³-hybridized carbons (Fsp3) is 0.316. The van der Waals surface area contributed by atoms with E-state index in [4.69, 9.17) is 16.3 Å². The van der Waals surface area contributed by atoms with Crippen molar-refractivity contribution in [1.82, 2.24) is 5.32 Å². The summed E-state index contributed by atoms with van der Waals surface area (Å²) < 4.78 is 5.20. The van der Waals surface area contributed by atoms with Crippen molar-refractivity contribution in [1.29, 1.82) is 0 Å². The summed E-state index contributed by atoms with van der Waals surface area (Å²) in [7, 11) is 0. The van der Waals surface area contributed by atoms with Gasteiger partial charge in [0.1, 0.15) is 0 Å². The van der Waals surface area contributed by atoms with Crippen molar-refractivity contribution in [2.24, 2.45) is 0 Å². The van der Waals surface area contributed by atoms with E-state index in [1.54, 1.807) is 50.2 Å². The first-order valence-corrected chi connectivity index (χ1v) is 9.58. The summed E-state index contributed by atoms with van der Waals surface area (Å²) in [6, 6.07) is 9.64. The highest BCUT2D eigenvalue weighted by atomic mass is 35.5. The molecule has 27 heavy (non-hydrogen) atoms. The van der Waals surface area contributed by atoms with Crippen LogP contribution in [0.25, 0.3) is 0 Å². The second kappa shape index (κ2) is 9.53. The quantitative estimate of drug-likeness (QED) is 0.673. The first-order valence-electron chi connectivity index (χ1n) is 8.38. The molecule has 0 bridgehead atoms. The van der Waals surface area contributed by atoms with E-state index in [2.05, 4.69) is 10.6 Å². The highest BCUT2D eigenvalue weighted by Crippen LogP contribution is 2.27. The minimum atomic E-state index is -0.635. The molecular formula is C19H21ClN2O4S. The van der Waals surface area contributed by atoms with Crippen LogP contribution in [0, 0.1) is 0 Å². The lowest BCUT2D eigenvalue weighted by atomic mass is 10.0. The molecule has 0 aliphatic heterocycles. The average molecular weight is 409 g/mol. The number of hydrogen-bond donors (Lipinski definition) is 2. The summed E-state index contributed by atoms with van der Waals surface area (Å²) in [4.78, 5) is 36.3. The molecule has 1 aromatic heterocycles. The minimum Gasteiger partial charge on any atom is -0.463 e. The van der Waals surface area contributed by atoms with E-state index >= 15 is 0 Å². The van der Waals surface area contributed by atoms with Gasteiger partial charge in [0.25, 0.3) is 5.91 Å². The summed E-state index contributed by atoms with van der Waals surface area (Å²) >= 11 is 7.40. The number of thiophene rings is 1. The molecule has 0 unspecified atom stereocenters. The third kappa shape index (κ3) is 6.37. The topological polar surface area (TPSA) is 84.5 Å². The van der Waals surface area contributed by atoms with Gasteiger partial charge in [-0.05, 0) is 37.6 Å². The standard InChI is InChI=1S/C19H21ClN2O4S/c1-11(2)26-18(24)10-15(13-6-4-5-7-14(13)20)22-19(25)16-8-9-17(27-16)21-12(3)23/h4-9,11,15H,10H2,1-3H3,(H,21,23)(H,22,25)/t15-/m0/s1. The number of carbonyl (C=O) groups is 3. The maximum atomic E-state index is 12.6. The van der Waals surface area contributed by atoms with Gasteiger partial charge in [0.2, 0.25) is 5.91 Å². The van der Waals surface area contributed by atoms with E-state index in [9.17, 15) is 14.4 Å². The van der Waals surface area contributed by atoms with E-state index in [0.29, 0.717) is 20.5 Å². The molecule has 1 heterocycles. The highest BCUT2D eigenvalue weighted by Gasteiger charge is 2.23. The van der Waals surface area contributed by atoms with E-state index in [1.807, 2.05) is 0 Å². The predicted molar refractivity (Wildman–Crippen MR) is 106 cm³/mol. The normalized spacial score (nSPS) is 11.7. The molecule has 0 saturated carbocycles. The molecule has 0 aliphatic rings. The van der Waals surface area contributed by atoms with Crippen LogP contribution in [0.1, 0.15) is 48.5 Å². The van der Waals surface area contributed by atoms with E-state index in [1.165, 1.54) is 6.92 Å². The zero-order chi connectivity index (χ0) is 20.0. The Labute approximate surface area is 166 Å². The average Bonchev–Trinajstić information content (AvgIpc) is 3.01. The zero-order valence-corrected chi connectivity index (χ0v) is 16.8. The van der Waals surface area contributed by atoms with Crippen molar-refractivity contribution in [2.75, 3.05) is 5.32 Å². The number of anilines is 1. The number of nitrogens with one attached hydrogen (secondary N) is 2. The van der Waals surface area contributed by atoms with Gasteiger partial charge in [0, 0.05) is 11.9 Å². The van der Waals surface area contributed by atoms with Gasteiger partial charge in [-0.1, -0.05) is 29.8 Å². The predicted octanol–water partition coefficient (Wildman–Crippen LogP) is 4.17. The maximum absolute atomic E-state index is 12.6. The number of rotatable bonds is 7. The van der Waals surface area contributed by atoms with Crippen molar-refractivity contribution < 1.29 is 19.1 Å². The van der Waals surface area contributed by atoms with Crippen LogP contribution >= 0.6 is 22.9 Å². The molecule has 8 heteroatoms. The fourth-order valence-corrected chi connectivity index (χ4v) is 3.53. The molecule has 2 amide bonds. The largest absolute Gasteiger partial charge is 0.463 e. The lowest BCUT2D eigenvalue weighted by Crippen LogP contribution is -2.30. The number of ether oxygens (including phenoxy) is 1. The lowest BCUT2D eigenvalue weighted by molar-refractivity contribution is -0.147. The molecule has 0 aliphatic carbocycles. The van der Waals surface area contributed by atoms with E-state index in [-0.39, 0.29) is 24.3 Å². The second-order valence-electron chi connectivity index (χ2n) is 6.14.